The van der Waals surface area contributed by atoms with Crippen LogP contribution in [0, 0.1) is 5.82 Å². The van der Waals surface area contributed by atoms with Gasteiger partial charge in [-0.1, -0.05) is 11.6 Å². The van der Waals surface area contributed by atoms with Crippen molar-refractivity contribution in [2.24, 2.45) is 0 Å². The zero-order chi connectivity index (χ0) is 24.0. The Bertz CT molecular complexity index is 983. The molecule has 2 N–H and O–H groups in total. The Labute approximate surface area is 190 Å². The molecule has 1 aromatic carbocycles. The number of nitrogens with one attached hydrogen (secondary N) is 2. The van der Waals surface area contributed by atoms with Crippen molar-refractivity contribution in [3.63, 3.8) is 0 Å². The van der Waals surface area contributed by atoms with Crippen LogP contribution in [0.5, 0.6) is 5.75 Å². The van der Waals surface area contributed by atoms with E-state index in [1.54, 1.807) is 0 Å². The Balaban J connectivity index is 1.36. The van der Waals surface area contributed by atoms with Gasteiger partial charge < -0.3 is 20.1 Å². The molecule has 1 saturated heterocycles. The second-order valence-electron chi connectivity index (χ2n) is 7.16. The van der Waals surface area contributed by atoms with E-state index in [9.17, 15) is 27.2 Å². The average Bonchev–Trinajstić information content (AvgIpc) is 2.78. The van der Waals surface area contributed by atoms with E-state index in [1.807, 2.05) is 0 Å². The summed E-state index contributed by atoms with van der Waals surface area (Å²) >= 11 is 5.58. The molecule has 3 rings (SSSR count). The maximum absolute atomic E-state index is 13.4. The molecule has 0 unspecified atom stereocenters. The van der Waals surface area contributed by atoms with Crippen molar-refractivity contribution in [3.8, 4) is 5.75 Å². The van der Waals surface area contributed by atoms with Crippen LogP contribution >= 0.6 is 11.6 Å². The summed E-state index contributed by atoms with van der Waals surface area (Å²) in [5.41, 5.74) is 0.304. The number of halogens is 5. The van der Waals surface area contributed by atoms with E-state index in [1.165, 1.54) is 12.1 Å². The molecule has 0 saturated carbocycles. The van der Waals surface area contributed by atoms with Gasteiger partial charge in [-0.25, -0.2) is 14.4 Å². The molecule has 2 atom stereocenters. The zero-order valence-corrected chi connectivity index (χ0v) is 17.8. The molecule has 2 aromatic rings. The number of carbonyl (C=O) groups excluding carboxylic acids is 2. The lowest BCUT2D eigenvalue weighted by molar-refractivity contribution is -0.145. The molecule has 8 nitrogen and oxygen atoms in total. The topological polar surface area (TPSA) is 102 Å². The molecule has 2 heterocycles. The zero-order valence-electron chi connectivity index (χ0n) is 17.0. The summed E-state index contributed by atoms with van der Waals surface area (Å²) in [4.78, 5) is 30.7. The molecule has 1 fully saturated rings. The van der Waals surface area contributed by atoms with E-state index in [2.05, 4.69) is 20.6 Å². The number of benzene rings is 1. The molecular formula is C20H19ClF4N4O4. The summed E-state index contributed by atoms with van der Waals surface area (Å²) in [6.45, 7) is -0.306. The highest BCUT2D eigenvalue weighted by Gasteiger charge is 2.34. The Morgan fingerprint density at radius 2 is 1.94 bits per heavy atom. The van der Waals surface area contributed by atoms with E-state index in [4.69, 9.17) is 21.1 Å². The maximum atomic E-state index is 13.4. The van der Waals surface area contributed by atoms with Crippen molar-refractivity contribution in [1.82, 2.24) is 20.6 Å². The molecule has 0 spiro atoms. The second kappa shape index (κ2) is 10.8. The fraction of sp³-hybridized carbons (Fsp3) is 0.400. The van der Waals surface area contributed by atoms with Crippen LogP contribution in [0.4, 0.5) is 17.6 Å². The van der Waals surface area contributed by atoms with Gasteiger partial charge in [-0.3, -0.25) is 9.59 Å². The lowest BCUT2D eigenvalue weighted by atomic mass is 10.0. The number of carbonyl (C=O) groups is 2. The van der Waals surface area contributed by atoms with E-state index in [0.717, 1.165) is 18.5 Å². The van der Waals surface area contributed by atoms with E-state index >= 15 is 0 Å². The third-order valence-electron chi connectivity index (χ3n) is 4.62. The Morgan fingerprint density at radius 3 is 2.55 bits per heavy atom. The monoisotopic (exact) mass is 490 g/mol. The first-order valence-electron chi connectivity index (χ1n) is 9.76. The SMILES string of the molecule is O=C(COc1ccc(Cl)c(F)c1)N[C@@H]1CC[C@H](C(=O)NCc2cnc(C(F)(F)F)nc2)OC1. The quantitative estimate of drug-likeness (QED) is 0.579. The normalized spacial score (nSPS) is 18.5. The minimum atomic E-state index is -4.64. The van der Waals surface area contributed by atoms with Gasteiger partial charge in [-0.15, -0.1) is 0 Å². The molecule has 0 radical (unpaired) electrons. The second-order valence-corrected chi connectivity index (χ2v) is 7.57. The van der Waals surface area contributed by atoms with Gasteiger partial charge in [0.05, 0.1) is 17.7 Å². The molecule has 2 amide bonds. The molecular weight excluding hydrogens is 472 g/mol. The number of nitrogens with zero attached hydrogens (tertiary/aromatic N) is 2. The number of aromatic nitrogens is 2. The van der Waals surface area contributed by atoms with Crippen LogP contribution in [0.3, 0.4) is 0 Å². The molecule has 0 aliphatic carbocycles. The maximum Gasteiger partial charge on any atom is 0.451 e. The Hall–Kier alpha value is -2.99. The average molecular weight is 491 g/mol. The van der Waals surface area contributed by atoms with Crippen molar-refractivity contribution >= 4 is 23.4 Å². The Kier molecular flexibility index (Phi) is 8.03. The predicted molar refractivity (Wildman–Crippen MR) is 107 cm³/mol. The highest BCUT2D eigenvalue weighted by atomic mass is 35.5. The fourth-order valence-electron chi connectivity index (χ4n) is 2.95. The van der Waals surface area contributed by atoms with E-state index in [-0.39, 0.29) is 36.6 Å². The molecule has 1 aromatic heterocycles. The largest absolute Gasteiger partial charge is 0.484 e. The van der Waals surface area contributed by atoms with Gasteiger partial charge >= 0.3 is 6.18 Å². The highest BCUT2D eigenvalue weighted by molar-refractivity contribution is 6.30. The standard InChI is InChI=1S/C20H19ClF4N4O4/c21-14-3-2-13(5-15(14)22)32-10-17(30)29-12-1-4-16(33-9-12)18(31)26-6-11-7-27-19(28-8-11)20(23,24)25/h2-3,5,7-8,12,16H,1,4,6,9-10H2,(H,26,31)(H,29,30)/t12-,16-/m1/s1. The molecule has 0 bridgehead atoms. The van der Waals surface area contributed by atoms with Crippen LogP contribution in [-0.2, 0) is 27.0 Å². The number of ether oxygens (including phenoxy) is 2. The van der Waals surface area contributed by atoms with Crippen LogP contribution < -0.4 is 15.4 Å². The first-order chi connectivity index (χ1) is 15.6. The highest BCUT2D eigenvalue weighted by Crippen LogP contribution is 2.25. The smallest absolute Gasteiger partial charge is 0.451 e. The summed E-state index contributed by atoms with van der Waals surface area (Å²) in [5, 5.41) is 5.20. The van der Waals surface area contributed by atoms with Crippen LogP contribution in [-0.4, -0.2) is 47.1 Å². The fourth-order valence-corrected chi connectivity index (χ4v) is 3.07. The number of hydrogen-bond acceptors (Lipinski definition) is 6. The summed E-state index contributed by atoms with van der Waals surface area (Å²) in [7, 11) is 0. The predicted octanol–water partition coefficient (Wildman–Crippen LogP) is 2.65. The lowest BCUT2D eigenvalue weighted by Gasteiger charge is -2.28. The van der Waals surface area contributed by atoms with E-state index in [0.29, 0.717) is 18.4 Å². The minimum absolute atomic E-state index is 0.0559. The first kappa shape index (κ1) is 24.6. The van der Waals surface area contributed by atoms with Gasteiger partial charge in [-0.2, -0.15) is 13.2 Å². The molecule has 1 aliphatic rings. The van der Waals surface area contributed by atoms with Crippen molar-refractivity contribution in [1.29, 1.82) is 0 Å². The van der Waals surface area contributed by atoms with Gasteiger partial charge in [0.25, 0.3) is 5.91 Å². The third-order valence-corrected chi connectivity index (χ3v) is 4.93. The minimum Gasteiger partial charge on any atom is -0.484 e. The number of rotatable bonds is 7. The van der Waals surface area contributed by atoms with Gasteiger partial charge in [0.15, 0.2) is 6.61 Å². The van der Waals surface area contributed by atoms with Crippen LogP contribution in [0.2, 0.25) is 5.02 Å². The Morgan fingerprint density at radius 1 is 1.21 bits per heavy atom. The van der Waals surface area contributed by atoms with Crippen LogP contribution in [0.25, 0.3) is 0 Å². The summed E-state index contributed by atoms with van der Waals surface area (Å²) < 4.78 is 61.5. The van der Waals surface area contributed by atoms with Gasteiger partial charge in [0.2, 0.25) is 11.7 Å². The first-order valence-corrected chi connectivity index (χ1v) is 10.1. The van der Waals surface area contributed by atoms with Gasteiger partial charge in [0.1, 0.15) is 17.7 Å². The van der Waals surface area contributed by atoms with Gasteiger partial charge in [0, 0.05) is 30.6 Å². The number of hydrogen-bond donors (Lipinski definition) is 2. The van der Waals surface area contributed by atoms with Gasteiger partial charge in [-0.05, 0) is 25.0 Å². The molecule has 13 heteroatoms. The number of amides is 2. The lowest BCUT2D eigenvalue weighted by Crippen LogP contribution is -2.48. The van der Waals surface area contributed by atoms with Crippen molar-refractivity contribution in [3.05, 3.63) is 52.8 Å². The van der Waals surface area contributed by atoms with E-state index < -0.39 is 35.7 Å². The number of alkyl halides is 3. The molecule has 33 heavy (non-hydrogen) atoms. The molecule has 1 aliphatic heterocycles. The summed E-state index contributed by atoms with van der Waals surface area (Å²) in [5.74, 6) is -2.64. The molecule has 178 valence electrons. The summed E-state index contributed by atoms with van der Waals surface area (Å²) in [6, 6.07) is 3.48. The summed E-state index contributed by atoms with van der Waals surface area (Å²) in [6.07, 6.45) is -2.63. The van der Waals surface area contributed by atoms with Crippen molar-refractivity contribution in [2.75, 3.05) is 13.2 Å². The van der Waals surface area contributed by atoms with Crippen molar-refractivity contribution in [2.45, 2.75) is 37.7 Å². The van der Waals surface area contributed by atoms with Crippen LogP contribution in [0.1, 0.15) is 24.2 Å². The third kappa shape index (κ3) is 7.26. The van der Waals surface area contributed by atoms with Crippen LogP contribution in [0.15, 0.2) is 30.6 Å². The van der Waals surface area contributed by atoms with Crippen molar-refractivity contribution < 1.29 is 36.6 Å².